The van der Waals surface area contributed by atoms with E-state index in [0.29, 0.717) is 25.0 Å². The van der Waals surface area contributed by atoms with Crippen LogP contribution in [-0.4, -0.2) is 30.4 Å². The maximum Gasteiger partial charge on any atom is 0.352 e. The van der Waals surface area contributed by atoms with Crippen LogP contribution in [0.2, 0.25) is 0 Å². The summed E-state index contributed by atoms with van der Waals surface area (Å²) < 4.78 is 22.7. The number of hydrogen-bond donors (Lipinski definition) is 0. The number of rotatable bonds is 9. The van der Waals surface area contributed by atoms with Crippen LogP contribution >= 0.6 is 0 Å². The summed E-state index contributed by atoms with van der Waals surface area (Å²) in [5, 5.41) is 0. The quantitative estimate of drug-likeness (QED) is 0.372. The molecule has 2 aromatic carbocycles. The molecule has 0 saturated carbocycles. The molecule has 0 unspecified atom stereocenters. The van der Waals surface area contributed by atoms with Gasteiger partial charge in [-0.3, -0.25) is 4.79 Å². The van der Waals surface area contributed by atoms with Gasteiger partial charge in [0.05, 0.1) is 12.7 Å². The number of carbonyl (C=O) groups excluding carboxylic acids is 2. The van der Waals surface area contributed by atoms with Crippen LogP contribution in [-0.2, 0) is 28.5 Å². The maximum atomic E-state index is 13.1. The van der Waals surface area contributed by atoms with E-state index >= 15 is 0 Å². The van der Waals surface area contributed by atoms with Crippen LogP contribution in [0.1, 0.15) is 63.9 Å². The topological polar surface area (TPSA) is 71.1 Å². The Labute approximate surface area is 195 Å². The molecule has 1 aliphatic rings. The smallest absolute Gasteiger partial charge is 0.352 e. The van der Waals surface area contributed by atoms with E-state index in [0.717, 1.165) is 11.1 Å². The van der Waals surface area contributed by atoms with Crippen LogP contribution in [0.3, 0.4) is 0 Å². The Morgan fingerprint density at radius 3 is 2.15 bits per heavy atom. The average molecular weight is 453 g/mol. The summed E-state index contributed by atoms with van der Waals surface area (Å²) in [4.78, 5) is 24.8. The van der Waals surface area contributed by atoms with Crippen molar-refractivity contribution in [1.29, 1.82) is 0 Å². The van der Waals surface area contributed by atoms with Gasteiger partial charge in [0, 0.05) is 18.9 Å². The largest absolute Gasteiger partial charge is 0.454 e. The van der Waals surface area contributed by atoms with E-state index in [1.165, 1.54) is 6.92 Å². The Hall–Kier alpha value is -2.96. The Morgan fingerprint density at radius 2 is 1.61 bits per heavy atom. The van der Waals surface area contributed by atoms with Crippen molar-refractivity contribution in [1.82, 2.24) is 0 Å². The lowest BCUT2D eigenvalue weighted by atomic mass is 10.0. The molecule has 3 atom stereocenters. The van der Waals surface area contributed by atoms with E-state index in [1.54, 1.807) is 24.3 Å². The monoisotopic (exact) mass is 452 g/mol. The van der Waals surface area contributed by atoms with Crippen molar-refractivity contribution in [2.75, 3.05) is 6.61 Å². The Balaban J connectivity index is 1.74. The average Bonchev–Trinajstić information content (AvgIpc) is 3.15. The molecule has 0 N–H and O–H groups in total. The van der Waals surface area contributed by atoms with E-state index in [2.05, 4.69) is 6.08 Å². The van der Waals surface area contributed by atoms with Crippen LogP contribution in [0.4, 0.5) is 0 Å². The second kappa shape index (κ2) is 11.3. The molecule has 0 radical (unpaired) electrons. The first-order valence-electron chi connectivity index (χ1n) is 11.2. The summed E-state index contributed by atoms with van der Waals surface area (Å²) in [7, 11) is 0. The van der Waals surface area contributed by atoms with Crippen molar-refractivity contribution in [3.8, 4) is 0 Å². The lowest BCUT2D eigenvalue weighted by molar-refractivity contribution is -0.171. The number of hydrogen-bond acceptors (Lipinski definition) is 6. The molecule has 1 saturated heterocycles. The second-order valence-electron chi connectivity index (χ2n) is 8.68. The molecule has 3 rings (SSSR count). The molecule has 0 aliphatic carbocycles. The number of benzene rings is 2. The van der Waals surface area contributed by atoms with Gasteiger partial charge in [-0.2, -0.15) is 0 Å². The molecule has 0 amide bonds. The first-order chi connectivity index (χ1) is 15.7. The zero-order valence-electron chi connectivity index (χ0n) is 19.7. The zero-order valence-corrected chi connectivity index (χ0v) is 19.7. The van der Waals surface area contributed by atoms with Gasteiger partial charge in [0.2, 0.25) is 6.10 Å². The fourth-order valence-electron chi connectivity index (χ4n) is 3.73. The van der Waals surface area contributed by atoms with Gasteiger partial charge in [-0.1, -0.05) is 72.3 Å². The molecule has 6 nitrogen and oxygen atoms in total. The predicted molar refractivity (Wildman–Crippen MR) is 124 cm³/mol. The van der Waals surface area contributed by atoms with Crippen LogP contribution in [0.25, 0.3) is 0 Å². The molecule has 1 fully saturated rings. The first kappa shape index (κ1) is 24.7. The molecule has 1 heterocycles. The molecule has 176 valence electrons. The van der Waals surface area contributed by atoms with Gasteiger partial charge < -0.3 is 18.9 Å². The third-order valence-electron chi connectivity index (χ3n) is 5.33. The van der Waals surface area contributed by atoms with Crippen LogP contribution in [0.15, 0.2) is 72.3 Å². The molecule has 2 aromatic rings. The number of esters is 2. The fraction of sp³-hybridized carbons (Fsp3) is 0.407. The molecule has 6 heteroatoms. The molecular weight excluding hydrogens is 420 g/mol. The summed E-state index contributed by atoms with van der Waals surface area (Å²) >= 11 is 0. The molecule has 33 heavy (non-hydrogen) atoms. The fourth-order valence-corrected chi connectivity index (χ4v) is 3.73. The lowest BCUT2D eigenvalue weighted by Gasteiger charge is -2.23. The van der Waals surface area contributed by atoms with Gasteiger partial charge >= 0.3 is 11.9 Å². The van der Waals surface area contributed by atoms with Crippen molar-refractivity contribution in [2.45, 2.75) is 64.6 Å². The van der Waals surface area contributed by atoms with E-state index in [-0.39, 0.29) is 6.10 Å². The van der Waals surface area contributed by atoms with Gasteiger partial charge in [-0.25, -0.2) is 4.79 Å². The van der Waals surface area contributed by atoms with Gasteiger partial charge in [0.15, 0.2) is 5.79 Å². The number of carbonyl (C=O) groups is 2. The highest BCUT2D eigenvalue weighted by molar-refractivity contribution is 5.80. The van der Waals surface area contributed by atoms with E-state index in [4.69, 9.17) is 18.9 Å². The second-order valence-corrected chi connectivity index (χ2v) is 8.68. The zero-order chi connectivity index (χ0) is 23.8. The highest BCUT2D eigenvalue weighted by Crippen LogP contribution is 2.30. The summed E-state index contributed by atoms with van der Waals surface area (Å²) in [6.07, 6.45) is 1.68. The van der Waals surface area contributed by atoms with Gasteiger partial charge in [0.25, 0.3) is 0 Å². The molecular formula is C27H32O6. The molecule has 0 bridgehead atoms. The van der Waals surface area contributed by atoms with Crippen molar-refractivity contribution in [2.24, 2.45) is 0 Å². The number of ether oxygens (including phenoxy) is 4. The van der Waals surface area contributed by atoms with Gasteiger partial charge in [-0.15, -0.1) is 0 Å². The SMILES string of the molecule is CC(=O)O[C@H](C(=O)O[C@@H](C/C(C)=C\C[C@H]1COC(C)(C)O1)c1ccccc1)c1ccccc1. The van der Waals surface area contributed by atoms with Crippen LogP contribution in [0, 0.1) is 0 Å². The van der Waals surface area contributed by atoms with Crippen molar-refractivity contribution in [3.05, 3.63) is 83.4 Å². The summed E-state index contributed by atoms with van der Waals surface area (Å²) in [5.41, 5.74) is 2.50. The third kappa shape index (κ3) is 7.55. The highest BCUT2D eigenvalue weighted by Gasteiger charge is 2.32. The van der Waals surface area contributed by atoms with Crippen LogP contribution in [0.5, 0.6) is 0 Å². The minimum atomic E-state index is -1.12. The molecule has 0 aromatic heterocycles. The third-order valence-corrected chi connectivity index (χ3v) is 5.33. The summed E-state index contributed by atoms with van der Waals surface area (Å²) in [6, 6.07) is 18.5. The van der Waals surface area contributed by atoms with Crippen molar-refractivity contribution in [3.63, 3.8) is 0 Å². The minimum absolute atomic E-state index is 0.000830. The van der Waals surface area contributed by atoms with E-state index in [9.17, 15) is 9.59 Å². The Kier molecular flexibility index (Phi) is 8.42. The lowest BCUT2D eigenvalue weighted by Crippen LogP contribution is -2.23. The highest BCUT2D eigenvalue weighted by atomic mass is 16.7. The summed E-state index contributed by atoms with van der Waals surface area (Å²) in [5.74, 6) is -1.71. The van der Waals surface area contributed by atoms with E-state index < -0.39 is 29.9 Å². The standard InChI is InChI=1S/C27H32O6/c1-19(15-16-23-18-30-27(3,4)33-23)17-24(21-11-7-5-8-12-21)32-26(29)25(31-20(2)28)22-13-9-6-10-14-22/h5-15,23-25H,16-18H2,1-4H3/b19-15-/t23-,24-,25-/m0/s1. The predicted octanol–water partition coefficient (Wildman–Crippen LogP) is 5.45. The van der Waals surface area contributed by atoms with E-state index in [1.807, 2.05) is 57.2 Å². The van der Waals surface area contributed by atoms with Gasteiger partial charge in [0.1, 0.15) is 6.10 Å². The Bertz CT molecular complexity index is 951. The minimum Gasteiger partial charge on any atom is -0.454 e. The Morgan fingerprint density at radius 1 is 1.00 bits per heavy atom. The summed E-state index contributed by atoms with van der Waals surface area (Å²) in [6.45, 7) is 7.64. The van der Waals surface area contributed by atoms with Crippen molar-refractivity contribution < 1.29 is 28.5 Å². The van der Waals surface area contributed by atoms with Crippen LogP contribution < -0.4 is 0 Å². The van der Waals surface area contributed by atoms with Gasteiger partial charge in [-0.05, 0) is 32.8 Å². The van der Waals surface area contributed by atoms with Crippen molar-refractivity contribution >= 4 is 11.9 Å². The molecule has 0 spiro atoms. The molecule has 1 aliphatic heterocycles. The maximum absolute atomic E-state index is 13.1. The first-order valence-corrected chi connectivity index (χ1v) is 11.2. The normalized spacial score (nSPS) is 19.5.